The zero-order valence-corrected chi connectivity index (χ0v) is 9.43. The summed E-state index contributed by atoms with van der Waals surface area (Å²) in [4.78, 5) is 0. The Labute approximate surface area is 95.3 Å². The molecule has 3 heteroatoms. The number of hydrogen-bond donors (Lipinski definition) is 2. The van der Waals surface area contributed by atoms with Crippen molar-refractivity contribution in [3.8, 4) is 0 Å². The highest BCUT2D eigenvalue weighted by molar-refractivity contribution is 6.30. The van der Waals surface area contributed by atoms with Crippen LogP contribution in [0, 0.1) is 0 Å². The normalized spacial score (nSPS) is 17.7. The molecule has 0 saturated heterocycles. The van der Waals surface area contributed by atoms with Gasteiger partial charge in [0.05, 0.1) is 0 Å². The van der Waals surface area contributed by atoms with E-state index in [9.17, 15) is 0 Å². The highest BCUT2D eigenvalue weighted by atomic mass is 35.5. The van der Waals surface area contributed by atoms with Crippen molar-refractivity contribution in [2.45, 2.75) is 24.8 Å². The molecule has 1 saturated carbocycles. The summed E-state index contributed by atoms with van der Waals surface area (Å²) in [6.07, 6.45) is 3.14. The number of hydrogen-bond acceptors (Lipinski definition) is 2. The third-order valence-corrected chi connectivity index (χ3v) is 3.16. The number of nitrogens with one attached hydrogen (secondary N) is 1. The summed E-state index contributed by atoms with van der Waals surface area (Å²) in [5.41, 5.74) is 1.41. The number of benzene rings is 1. The van der Waals surface area contributed by atoms with Gasteiger partial charge in [0.1, 0.15) is 0 Å². The van der Waals surface area contributed by atoms with Gasteiger partial charge < -0.3 is 10.4 Å². The van der Waals surface area contributed by atoms with Gasteiger partial charge in [0.25, 0.3) is 0 Å². The predicted octanol–water partition coefficient (Wildman–Crippen LogP) is 2.30. The molecule has 2 rings (SSSR count). The van der Waals surface area contributed by atoms with Crippen LogP contribution in [-0.4, -0.2) is 18.3 Å². The van der Waals surface area contributed by atoms with E-state index in [0.717, 1.165) is 18.0 Å². The van der Waals surface area contributed by atoms with Gasteiger partial charge in [-0.15, -0.1) is 0 Å². The van der Waals surface area contributed by atoms with Crippen LogP contribution in [0.1, 0.15) is 24.8 Å². The standard InChI is InChI=1S/C12H16ClNO/c13-11-4-1-3-10(9-11)12(5-6-12)14-7-2-8-15/h1,3-4,9,14-15H,2,5-8H2. The summed E-state index contributed by atoms with van der Waals surface area (Å²) in [5.74, 6) is 0. The van der Waals surface area contributed by atoms with Crippen molar-refractivity contribution < 1.29 is 5.11 Å². The average Bonchev–Trinajstić information content (AvgIpc) is 3.00. The van der Waals surface area contributed by atoms with Crippen LogP contribution in [0.5, 0.6) is 0 Å². The van der Waals surface area contributed by atoms with Gasteiger partial charge in [-0.1, -0.05) is 23.7 Å². The fourth-order valence-electron chi connectivity index (χ4n) is 1.89. The molecule has 0 unspecified atom stereocenters. The lowest BCUT2D eigenvalue weighted by Crippen LogP contribution is -2.30. The average molecular weight is 226 g/mol. The van der Waals surface area contributed by atoms with Crippen molar-refractivity contribution in [2.75, 3.05) is 13.2 Å². The maximum atomic E-state index is 8.74. The van der Waals surface area contributed by atoms with E-state index in [1.54, 1.807) is 0 Å². The van der Waals surface area contributed by atoms with Crippen LogP contribution in [-0.2, 0) is 5.54 Å². The molecule has 0 atom stereocenters. The molecular formula is C12H16ClNO. The lowest BCUT2D eigenvalue weighted by molar-refractivity contribution is 0.282. The molecule has 15 heavy (non-hydrogen) atoms. The van der Waals surface area contributed by atoms with Gasteiger partial charge in [-0.2, -0.15) is 0 Å². The lowest BCUT2D eigenvalue weighted by Gasteiger charge is -2.17. The summed E-state index contributed by atoms with van der Waals surface area (Å²) in [5, 5.41) is 13.0. The number of halogens is 1. The van der Waals surface area contributed by atoms with Crippen LogP contribution >= 0.6 is 11.6 Å². The highest BCUT2D eigenvalue weighted by Gasteiger charge is 2.43. The monoisotopic (exact) mass is 225 g/mol. The molecule has 0 heterocycles. The van der Waals surface area contributed by atoms with E-state index in [-0.39, 0.29) is 12.1 Å². The second-order valence-corrected chi connectivity index (χ2v) is 4.53. The van der Waals surface area contributed by atoms with Crippen LogP contribution in [0.2, 0.25) is 5.02 Å². The fourth-order valence-corrected chi connectivity index (χ4v) is 2.08. The maximum absolute atomic E-state index is 8.74. The van der Waals surface area contributed by atoms with E-state index in [1.165, 1.54) is 18.4 Å². The van der Waals surface area contributed by atoms with Gasteiger partial charge in [-0.3, -0.25) is 0 Å². The molecule has 1 fully saturated rings. The van der Waals surface area contributed by atoms with Crippen molar-refractivity contribution in [2.24, 2.45) is 0 Å². The van der Waals surface area contributed by atoms with Crippen LogP contribution in [0.25, 0.3) is 0 Å². The lowest BCUT2D eigenvalue weighted by atomic mass is 10.1. The minimum absolute atomic E-state index is 0.139. The highest BCUT2D eigenvalue weighted by Crippen LogP contribution is 2.45. The Bertz CT molecular complexity index is 336. The summed E-state index contributed by atoms with van der Waals surface area (Å²) in [7, 11) is 0. The molecule has 0 aromatic heterocycles. The summed E-state index contributed by atoms with van der Waals surface area (Å²) < 4.78 is 0. The molecule has 1 aliphatic carbocycles. The summed E-state index contributed by atoms with van der Waals surface area (Å²) >= 11 is 5.97. The minimum Gasteiger partial charge on any atom is -0.396 e. The molecule has 2 nitrogen and oxygen atoms in total. The molecule has 0 radical (unpaired) electrons. The Morgan fingerprint density at radius 3 is 2.80 bits per heavy atom. The molecule has 1 aromatic carbocycles. The van der Waals surface area contributed by atoms with E-state index >= 15 is 0 Å². The molecule has 1 aromatic rings. The van der Waals surface area contributed by atoms with Crippen LogP contribution in [0.15, 0.2) is 24.3 Å². The molecule has 0 aliphatic heterocycles. The third kappa shape index (κ3) is 2.51. The first-order chi connectivity index (χ1) is 7.27. The van der Waals surface area contributed by atoms with E-state index in [0.29, 0.717) is 0 Å². The minimum atomic E-state index is 0.139. The molecule has 0 bridgehead atoms. The SMILES string of the molecule is OCCCNC1(c2cccc(Cl)c2)CC1. The smallest absolute Gasteiger partial charge is 0.0443 e. The van der Waals surface area contributed by atoms with Crippen molar-refractivity contribution >= 4 is 11.6 Å². The van der Waals surface area contributed by atoms with Crippen molar-refractivity contribution in [3.63, 3.8) is 0 Å². The zero-order chi connectivity index (χ0) is 10.7. The van der Waals surface area contributed by atoms with Gasteiger partial charge in [0, 0.05) is 17.2 Å². The number of aliphatic hydroxyl groups excluding tert-OH is 1. The topological polar surface area (TPSA) is 32.3 Å². The van der Waals surface area contributed by atoms with Crippen molar-refractivity contribution in [1.82, 2.24) is 5.32 Å². The summed E-state index contributed by atoms with van der Waals surface area (Å²) in [6, 6.07) is 8.03. The fraction of sp³-hybridized carbons (Fsp3) is 0.500. The largest absolute Gasteiger partial charge is 0.396 e. The van der Waals surface area contributed by atoms with E-state index in [2.05, 4.69) is 11.4 Å². The second kappa shape index (κ2) is 4.52. The van der Waals surface area contributed by atoms with Crippen LogP contribution in [0.3, 0.4) is 0 Å². The van der Waals surface area contributed by atoms with Gasteiger partial charge in [-0.05, 0) is 43.5 Å². The van der Waals surface area contributed by atoms with E-state index in [4.69, 9.17) is 16.7 Å². The maximum Gasteiger partial charge on any atom is 0.0443 e. The van der Waals surface area contributed by atoms with Gasteiger partial charge >= 0.3 is 0 Å². The van der Waals surface area contributed by atoms with E-state index in [1.807, 2.05) is 18.2 Å². The van der Waals surface area contributed by atoms with E-state index < -0.39 is 0 Å². The number of rotatable bonds is 5. The van der Waals surface area contributed by atoms with Crippen molar-refractivity contribution in [1.29, 1.82) is 0 Å². The molecule has 0 amide bonds. The first-order valence-corrected chi connectivity index (χ1v) is 5.77. The molecule has 82 valence electrons. The van der Waals surface area contributed by atoms with Crippen LogP contribution < -0.4 is 5.32 Å². The first-order valence-electron chi connectivity index (χ1n) is 5.39. The first kappa shape index (κ1) is 10.9. The Balaban J connectivity index is 2.02. The Morgan fingerprint density at radius 2 is 2.20 bits per heavy atom. The zero-order valence-electron chi connectivity index (χ0n) is 8.67. The Hall–Kier alpha value is -0.570. The summed E-state index contributed by atoms with van der Waals surface area (Å²) in [6.45, 7) is 1.11. The quantitative estimate of drug-likeness (QED) is 0.754. The van der Waals surface area contributed by atoms with Gasteiger partial charge in [0.2, 0.25) is 0 Å². The second-order valence-electron chi connectivity index (χ2n) is 4.10. The van der Waals surface area contributed by atoms with Gasteiger partial charge in [-0.25, -0.2) is 0 Å². The Morgan fingerprint density at radius 1 is 1.40 bits per heavy atom. The molecule has 2 N–H and O–H groups in total. The molecule has 0 spiro atoms. The van der Waals surface area contributed by atoms with Crippen molar-refractivity contribution in [3.05, 3.63) is 34.9 Å². The number of aliphatic hydroxyl groups is 1. The third-order valence-electron chi connectivity index (χ3n) is 2.93. The molecular weight excluding hydrogens is 210 g/mol. The van der Waals surface area contributed by atoms with Crippen LogP contribution in [0.4, 0.5) is 0 Å². The Kier molecular flexibility index (Phi) is 3.29. The van der Waals surface area contributed by atoms with Gasteiger partial charge in [0.15, 0.2) is 0 Å². The molecule has 1 aliphatic rings. The predicted molar refractivity (Wildman–Crippen MR) is 62.1 cm³/mol.